The van der Waals surface area contributed by atoms with Gasteiger partial charge in [0.2, 0.25) is 5.91 Å². The lowest BCUT2D eigenvalue weighted by Gasteiger charge is -2.09. The predicted octanol–water partition coefficient (Wildman–Crippen LogP) is 1.14. The molecule has 0 atom stereocenters. The first-order chi connectivity index (χ1) is 8.06. The van der Waals surface area contributed by atoms with Gasteiger partial charge in [0.25, 0.3) is 0 Å². The second-order valence-electron chi connectivity index (χ2n) is 4.18. The standard InChI is InChI=1S/C12H16N4O/c1-8-14-10-5-3-9(7-11(10)15-8)4-6-12(17)16(2)13/h3,5,7H,4,6,13H2,1-2H3,(H,14,15). The Hall–Kier alpha value is -1.88. The minimum Gasteiger partial charge on any atom is -0.342 e. The van der Waals surface area contributed by atoms with Crippen LogP contribution in [0.1, 0.15) is 17.8 Å². The molecule has 0 aliphatic rings. The first-order valence-corrected chi connectivity index (χ1v) is 5.53. The molecular weight excluding hydrogens is 216 g/mol. The predicted molar refractivity (Wildman–Crippen MR) is 66.1 cm³/mol. The molecule has 0 bridgehead atoms. The van der Waals surface area contributed by atoms with Crippen molar-refractivity contribution in [1.29, 1.82) is 0 Å². The zero-order chi connectivity index (χ0) is 12.4. The van der Waals surface area contributed by atoms with Gasteiger partial charge in [-0.2, -0.15) is 0 Å². The van der Waals surface area contributed by atoms with Crippen LogP contribution in [-0.4, -0.2) is 27.9 Å². The number of aryl methyl sites for hydroxylation is 2. The molecular formula is C12H16N4O. The molecule has 1 aromatic carbocycles. The molecule has 3 N–H and O–H groups in total. The maximum absolute atomic E-state index is 11.4. The number of nitrogens with one attached hydrogen (secondary N) is 1. The molecule has 0 fully saturated rings. The number of nitrogens with zero attached hydrogens (tertiary/aromatic N) is 2. The lowest BCUT2D eigenvalue weighted by atomic mass is 10.1. The third-order valence-electron chi connectivity index (χ3n) is 2.69. The highest BCUT2D eigenvalue weighted by Crippen LogP contribution is 2.14. The summed E-state index contributed by atoms with van der Waals surface area (Å²) in [5.74, 6) is 6.20. The number of rotatable bonds is 3. The third kappa shape index (κ3) is 2.62. The number of carbonyl (C=O) groups is 1. The van der Waals surface area contributed by atoms with E-state index in [0.29, 0.717) is 12.8 Å². The van der Waals surface area contributed by atoms with Gasteiger partial charge in [0.15, 0.2) is 0 Å². The molecule has 5 heteroatoms. The van der Waals surface area contributed by atoms with Crippen molar-refractivity contribution in [1.82, 2.24) is 15.0 Å². The van der Waals surface area contributed by atoms with Crippen LogP contribution in [0.3, 0.4) is 0 Å². The Balaban J connectivity index is 2.11. The van der Waals surface area contributed by atoms with Crippen LogP contribution in [0.25, 0.3) is 11.0 Å². The number of aromatic nitrogens is 2. The van der Waals surface area contributed by atoms with Gasteiger partial charge in [0.1, 0.15) is 5.82 Å². The van der Waals surface area contributed by atoms with Crippen molar-refractivity contribution in [2.75, 3.05) is 7.05 Å². The zero-order valence-corrected chi connectivity index (χ0v) is 10.0. The number of hydrazine groups is 1. The minimum absolute atomic E-state index is 0.0640. The molecule has 1 heterocycles. The zero-order valence-electron chi connectivity index (χ0n) is 10.0. The van der Waals surface area contributed by atoms with Gasteiger partial charge >= 0.3 is 0 Å². The Morgan fingerprint density at radius 2 is 2.29 bits per heavy atom. The average molecular weight is 232 g/mol. The molecule has 90 valence electrons. The van der Waals surface area contributed by atoms with Crippen molar-refractivity contribution >= 4 is 16.9 Å². The smallest absolute Gasteiger partial charge is 0.236 e. The number of nitrogens with two attached hydrogens (primary N) is 1. The maximum Gasteiger partial charge on any atom is 0.236 e. The van der Waals surface area contributed by atoms with Gasteiger partial charge in [-0.25, -0.2) is 10.8 Å². The first kappa shape index (κ1) is 11.6. The van der Waals surface area contributed by atoms with Crippen molar-refractivity contribution in [3.8, 4) is 0 Å². The SMILES string of the molecule is Cc1nc2ccc(CCC(=O)N(C)N)cc2[nH]1. The lowest BCUT2D eigenvalue weighted by molar-refractivity contribution is -0.130. The fourth-order valence-corrected chi connectivity index (χ4v) is 1.77. The molecule has 0 unspecified atom stereocenters. The summed E-state index contributed by atoms with van der Waals surface area (Å²) in [5.41, 5.74) is 3.07. The molecule has 0 radical (unpaired) electrons. The minimum atomic E-state index is -0.0640. The van der Waals surface area contributed by atoms with Crippen molar-refractivity contribution in [2.24, 2.45) is 5.84 Å². The first-order valence-electron chi connectivity index (χ1n) is 5.53. The van der Waals surface area contributed by atoms with Gasteiger partial charge in [0, 0.05) is 13.5 Å². The summed E-state index contributed by atoms with van der Waals surface area (Å²) in [6, 6.07) is 5.98. The highest BCUT2D eigenvalue weighted by Gasteiger charge is 2.06. The lowest BCUT2D eigenvalue weighted by Crippen LogP contribution is -2.33. The van der Waals surface area contributed by atoms with Gasteiger partial charge in [-0.05, 0) is 31.0 Å². The molecule has 2 rings (SSSR count). The Bertz CT molecular complexity index is 544. The molecule has 0 saturated heterocycles. The van der Waals surface area contributed by atoms with E-state index in [1.54, 1.807) is 7.05 Å². The van der Waals surface area contributed by atoms with Gasteiger partial charge in [0.05, 0.1) is 11.0 Å². The van der Waals surface area contributed by atoms with E-state index in [1.165, 1.54) is 0 Å². The van der Waals surface area contributed by atoms with Crippen LogP contribution in [0.15, 0.2) is 18.2 Å². The number of imidazole rings is 1. The molecule has 0 spiro atoms. The number of hydrogen-bond acceptors (Lipinski definition) is 3. The Labute approximate surface area is 99.6 Å². The number of carbonyl (C=O) groups excluding carboxylic acids is 1. The normalized spacial score (nSPS) is 10.8. The summed E-state index contributed by atoms with van der Waals surface area (Å²) in [6.07, 6.45) is 1.11. The Kier molecular flexibility index (Phi) is 3.10. The van der Waals surface area contributed by atoms with E-state index < -0.39 is 0 Å². The highest BCUT2D eigenvalue weighted by atomic mass is 16.2. The Morgan fingerprint density at radius 3 is 3.00 bits per heavy atom. The number of benzene rings is 1. The van der Waals surface area contributed by atoms with Crippen LogP contribution >= 0.6 is 0 Å². The van der Waals surface area contributed by atoms with Crippen LogP contribution in [0.2, 0.25) is 0 Å². The number of amides is 1. The summed E-state index contributed by atoms with van der Waals surface area (Å²) in [7, 11) is 1.56. The quantitative estimate of drug-likeness (QED) is 0.473. The van der Waals surface area contributed by atoms with E-state index >= 15 is 0 Å². The fourth-order valence-electron chi connectivity index (χ4n) is 1.77. The molecule has 0 saturated carbocycles. The molecule has 17 heavy (non-hydrogen) atoms. The van der Waals surface area contributed by atoms with E-state index in [4.69, 9.17) is 5.84 Å². The third-order valence-corrected chi connectivity index (χ3v) is 2.69. The summed E-state index contributed by atoms with van der Waals surface area (Å²) in [6.45, 7) is 1.92. The fraction of sp³-hybridized carbons (Fsp3) is 0.333. The summed E-state index contributed by atoms with van der Waals surface area (Å²) in [5, 5.41) is 1.12. The molecule has 0 aliphatic carbocycles. The van der Waals surface area contributed by atoms with Crippen molar-refractivity contribution in [3.05, 3.63) is 29.6 Å². The van der Waals surface area contributed by atoms with Crippen molar-refractivity contribution < 1.29 is 4.79 Å². The van der Waals surface area contributed by atoms with Gasteiger partial charge in [-0.3, -0.25) is 9.80 Å². The highest BCUT2D eigenvalue weighted by molar-refractivity contribution is 5.77. The summed E-state index contributed by atoms with van der Waals surface area (Å²) >= 11 is 0. The van der Waals surface area contributed by atoms with Crippen LogP contribution in [0.4, 0.5) is 0 Å². The van der Waals surface area contributed by atoms with Crippen molar-refractivity contribution in [3.63, 3.8) is 0 Å². The van der Waals surface area contributed by atoms with Crippen LogP contribution < -0.4 is 5.84 Å². The monoisotopic (exact) mass is 232 g/mol. The van der Waals surface area contributed by atoms with Gasteiger partial charge in [-0.15, -0.1) is 0 Å². The second-order valence-corrected chi connectivity index (χ2v) is 4.18. The van der Waals surface area contributed by atoms with Crippen LogP contribution in [0.5, 0.6) is 0 Å². The maximum atomic E-state index is 11.4. The molecule has 0 aliphatic heterocycles. The van der Waals surface area contributed by atoms with E-state index in [9.17, 15) is 4.79 Å². The number of fused-ring (bicyclic) bond motifs is 1. The van der Waals surface area contributed by atoms with Gasteiger partial charge < -0.3 is 4.98 Å². The van der Waals surface area contributed by atoms with E-state index in [1.807, 2.05) is 25.1 Å². The van der Waals surface area contributed by atoms with Crippen LogP contribution in [-0.2, 0) is 11.2 Å². The molecule has 1 aromatic heterocycles. The molecule has 5 nitrogen and oxygen atoms in total. The van der Waals surface area contributed by atoms with Gasteiger partial charge in [-0.1, -0.05) is 6.07 Å². The van der Waals surface area contributed by atoms with E-state index in [0.717, 1.165) is 27.4 Å². The summed E-state index contributed by atoms with van der Waals surface area (Å²) in [4.78, 5) is 18.9. The van der Waals surface area contributed by atoms with E-state index in [2.05, 4.69) is 9.97 Å². The largest absolute Gasteiger partial charge is 0.342 e. The van der Waals surface area contributed by atoms with Crippen molar-refractivity contribution in [2.45, 2.75) is 19.8 Å². The number of hydrogen-bond donors (Lipinski definition) is 2. The molecule has 2 aromatic rings. The number of aromatic amines is 1. The second kappa shape index (κ2) is 4.55. The number of H-pyrrole nitrogens is 1. The summed E-state index contributed by atoms with van der Waals surface area (Å²) < 4.78 is 0. The Morgan fingerprint density at radius 1 is 1.53 bits per heavy atom. The topological polar surface area (TPSA) is 75.0 Å². The van der Waals surface area contributed by atoms with E-state index in [-0.39, 0.29) is 5.91 Å². The average Bonchev–Trinajstić information content (AvgIpc) is 2.64. The van der Waals surface area contributed by atoms with Crippen LogP contribution in [0, 0.1) is 6.92 Å². The molecule has 1 amide bonds.